The van der Waals surface area contributed by atoms with Crippen LogP contribution in [0.5, 0.6) is 5.75 Å². The van der Waals surface area contributed by atoms with E-state index in [0.717, 1.165) is 38.8 Å². The van der Waals surface area contributed by atoms with Crippen LogP contribution in [0.2, 0.25) is 0 Å². The molecule has 4 rings (SSSR count). The average Bonchev–Trinajstić information content (AvgIpc) is 3.47. The third kappa shape index (κ3) is 10.2. The lowest BCUT2D eigenvalue weighted by Crippen LogP contribution is -2.40. The summed E-state index contributed by atoms with van der Waals surface area (Å²) in [7, 11) is 0. The van der Waals surface area contributed by atoms with Crippen LogP contribution in [-0.4, -0.2) is 33.6 Å². The Morgan fingerprint density at radius 1 is 0.979 bits per heavy atom. The van der Waals surface area contributed by atoms with Crippen molar-refractivity contribution in [1.82, 2.24) is 10.0 Å². The van der Waals surface area contributed by atoms with Gasteiger partial charge >= 0.3 is 12.1 Å². The van der Waals surface area contributed by atoms with E-state index >= 15 is 0 Å². The Hall–Kier alpha value is -3.99. The fraction of sp³-hybridized carbons (Fsp3) is 0.405. The highest BCUT2D eigenvalue weighted by Crippen LogP contribution is 2.33. The van der Waals surface area contributed by atoms with E-state index < -0.39 is 27.8 Å². The van der Waals surface area contributed by atoms with Crippen LogP contribution in [0, 0.1) is 0 Å². The van der Waals surface area contributed by atoms with Gasteiger partial charge in [0.25, 0.3) is 0 Å². The van der Waals surface area contributed by atoms with Gasteiger partial charge in [-0.1, -0.05) is 30.3 Å². The zero-order chi connectivity index (χ0) is 34.4. The van der Waals surface area contributed by atoms with Crippen molar-refractivity contribution in [3.8, 4) is 16.9 Å². The molecule has 9 nitrogen and oxygen atoms in total. The molecule has 1 aromatic heterocycles. The first-order chi connectivity index (χ1) is 22.1. The third-order valence-corrected chi connectivity index (χ3v) is 8.83. The Balaban J connectivity index is 1.59. The summed E-state index contributed by atoms with van der Waals surface area (Å²) >= 11 is -1.27. The molecule has 0 saturated heterocycles. The normalized spacial score (nSPS) is 13.2. The van der Waals surface area contributed by atoms with E-state index in [0.29, 0.717) is 24.5 Å². The summed E-state index contributed by atoms with van der Waals surface area (Å²) in [4.78, 5) is 24.6. The minimum absolute atomic E-state index is 0.0648. The molecular formula is C37H46N2O7S. The summed E-state index contributed by atoms with van der Waals surface area (Å²) in [5, 5.41) is 3.73. The molecule has 0 fully saturated rings. The van der Waals surface area contributed by atoms with Crippen molar-refractivity contribution in [1.29, 1.82) is 0 Å². The Morgan fingerprint density at radius 3 is 2.45 bits per heavy atom. The predicted molar refractivity (Wildman–Crippen MR) is 185 cm³/mol. The second-order valence-corrected chi connectivity index (χ2v) is 15.4. The molecule has 0 aliphatic carbocycles. The Morgan fingerprint density at radius 2 is 1.74 bits per heavy atom. The molecule has 0 bridgehead atoms. The molecule has 2 N–H and O–H groups in total. The third-order valence-electron chi connectivity index (χ3n) is 7.15. The van der Waals surface area contributed by atoms with Crippen molar-refractivity contribution in [2.24, 2.45) is 0 Å². The van der Waals surface area contributed by atoms with E-state index in [1.165, 1.54) is 0 Å². The number of furan rings is 1. The largest absolute Gasteiger partial charge is 0.598 e. The number of hydrogen-bond donors (Lipinski definition) is 2. The van der Waals surface area contributed by atoms with E-state index in [4.69, 9.17) is 18.6 Å². The van der Waals surface area contributed by atoms with Gasteiger partial charge in [-0.15, -0.1) is 4.72 Å². The standard InChI is InChI=1S/C37H46N2O7S/c1-9-43-33(40)21-29-14-13-27(24(2)39-47(42)37(6,7)8)20-32(29)45-23-26-18-30-15-16-44-34(30)31(19-26)28-12-10-11-25(17-28)22-38-35(41)46-36(3,4)5/h10-20,24,39H,9,21-23H2,1-8H3,(H,38,41). The molecule has 4 aromatic rings. The number of esters is 1. The number of benzene rings is 3. The second kappa shape index (κ2) is 15.3. The van der Waals surface area contributed by atoms with Crippen molar-refractivity contribution in [2.45, 2.75) is 91.4 Å². The van der Waals surface area contributed by atoms with Crippen molar-refractivity contribution in [3.05, 3.63) is 89.2 Å². The molecule has 10 heteroatoms. The molecule has 0 saturated carbocycles. The highest BCUT2D eigenvalue weighted by atomic mass is 32.2. The molecular weight excluding hydrogens is 616 g/mol. The van der Waals surface area contributed by atoms with Crippen LogP contribution in [0.1, 0.15) is 83.7 Å². The lowest BCUT2D eigenvalue weighted by Gasteiger charge is -2.27. The first kappa shape index (κ1) is 35.9. The van der Waals surface area contributed by atoms with Gasteiger partial charge in [0.2, 0.25) is 0 Å². The monoisotopic (exact) mass is 662 g/mol. The smallest absolute Gasteiger partial charge is 0.407 e. The molecule has 1 heterocycles. The van der Waals surface area contributed by atoms with Crippen LogP contribution in [-0.2, 0) is 45.2 Å². The summed E-state index contributed by atoms with van der Waals surface area (Å²) in [5.74, 6) is 0.211. The van der Waals surface area contributed by atoms with Gasteiger partial charge in [0.05, 0.1) is 25.3 Å². The van der Waals surface area contributed by atoms with Crippen LogP contribution in [0.15, 0.2) is 71.3 Å². The summed E-state index contributed by atoms with van der Waals surface area (Å²) in [5.41, 5.74) is 5.35. The number of fused-ring (bicyclic) bond motifs is 1. The maximum absolute atomic E-state index is 12.8. The van der Waals surface area contributed by atoms with Crippen LogP contribution in [0.25, 0.3) is 22.1 Å². The summed E-state index contributed by atoms with van der Waals surface area (Å²) in [6, 6.07) is 19.3. The van der Waals surface area contributed by atoms with Crippen LogP contribution >= 0.6 is 0 Å². The van der Waals surface area contributed by atoms with Crippen LogP contribution in [0.4, 0.5) is 4.79 Å². The molecule has 2 unspecified atom stereocenters. The fourth-order valence-electron chi connectivity index (χ4n) is 4.83. The number of carbonyl (C=O) groups excluding carboxylic acids is 2. The molecule has 2 atom stereocenters. The number of carbonyl (C=O) groups is 2. The van der Waals surface area contributed by atoms with E-state index in [9.17, 15) is 14.1 Å². The van der Waals surface area contributed by atoms with Crippen molar-refractivity contribution < 1.29 is 32.8 Å². The van der Waals surface area contributed by atoms with Gasteiger partial charge in [0, 0.05) is 34.4 Å². The first-order valence-electron chi connectivity index (χ1n) is 15.8. The SMILES string of the molecule is CCOC(=O)Cc1ccc(C(C)N[S+]([O-])C(C)(C)C)cc1OCc1cc(-c2cccc(CNC(=O)OC(C)(C)C)c2)c2occc2c1. The number of alkyl carbamates (subject to hydrolysis) is 1. The van der Waals surface area contributed by atoms with Gasteiger partial charge in [0.1, 0.15) is 28.3 Å². The zero-order valence-electron chi connectivity index (χ0n) is 28.5. The molecule has 0 spiro atoms. The number of amides is 1. The summed E-state index contributed by atoms with van der Waals surface area (Å²) in [6.45, 7) is 15.8. The maximum Gasteiger partial charge on any atom is 0.407 e. The molecule has 0 radical (unpaired) electrons. The molecule has 252 valence electrons. The van der Waals surface area contributed by atoms with Crippen molar-refractivity contribution >= 4 is 34.4 Å². The average molecular weight is 663 g/mol. The van der Waals surface area contributed by atoms with Crippen molar-refractivity contribution in [2.75, 3.05) is 6.61 Å². The topological polar surface area (TPSA) is 122 Å². The predicted octanol–water partition coefficient (Wildman–Crippen LogP) is 7.92. The van der Waals surface area contributed by atoms with Gasteiger partial charge < -0.3 is 28.5 Å². The summed E-state index contributed by atoms with van der Waals surface area (Å²) in [6.07, 6.45) is 1.24. The number of hydrogen-bond acceptors (Lipinski definition) is 8. The van der Waals surface area contributed by atoms with Crippen molar-refractivity contribution in [3.63, 3.8) is 0 Å². The van der Waals surface area contributed by atoms with Gasteiger partial charge in [-0.3, -0.25) is 4.79 Å². The molecule has 0 aliphatic heterocycles. The molecule has 1 amide bonds. The lowest BCUT2D eigenvalue weighted by molar-refractivity contribution is -0.142. The number of rotatable bonds is 12. The van der Waals surface area contributed by atoms with Crippen LogP contribution in [0.3, 0.4) is 0 Å². The quantitative estimate of drug-likeness (QED) is 0.116. The molecule has 3 aromatic carbocycles. The van der Waals surface area contributed by atoms with E-state index in [-0.39, 0.29) is 25.0 Å². The highest BCUT2D eigenvalue weighted by Gasteiger charge is 2.28. The van der Waals surface area contributed by atoms with Gasteiger partial charge in [-0.25, -0.2) is 4.79 Å². The van der Waals surface area contributed by atoms with E-state index in [2.05, 4.69) is 10.0 Å². The summed E-state index contributed by atoms with van der Waals surface area (Å²) < 4.78 is 38.4. The zero-order valence-corrected chi connectivity index (χ0v) is 29.3. The minimum atomic E-state index is -1.27. The Kier molecular flexibility index (Phi) is 11.7. The Labute approximate surface area is 280 Å². The van der Waals surface area contributed by atoms with Gasteiger partial charge in [-0.05, 0) is 108 Å². The van der Waals surface area contributed by atoms with E-state index in [1.807, 2.05) is 109 Å². The van der Waals surface area contributed by atoms with E-state index in [1.54, 1.807) is 13.2 Å². The lowest BCUT2D eigenvalue weighted by atomic mass is 9.99. The number of nitrogens with one attached hydrogen (secondary N) is 2. The maximum atomic E-state index is 12.8. The molecule has 47 heavy (non-hydrogen) atoms. The Bertz CT molecular complexity index is 1690. The van der Waals surface area contributed by atoms with Crippen LogP contribution < -0.4 is 14.8 Å². The number of ether oxygens (including phenoxy) is 3. The molecule has 0 aliphatic rings. The fourth-order valence-corrected chi connectivity index (χ4v) is 5.64. The first-order valence-corrected chi connectivity index (χ1v) is 16.9. The van der Waals surface area contributed by atoms with Gasteiger partial charge in [0.15, 0.2) is 0 Å². The second-order valence-electron chi connectivity index (χ2n) is 13.4. The minimum Gasteiger partial charge on any atom is -0.598 e. The van der Waals surface area contributed by atoms with Gasteiger partial charge in [-0.2, -0.15) is 0 Å². The highest BCUT2D eigenvalue weighted by molar-refractivity contribution is 7.90.